The molecule has 0 spiro atoms. The highest BCUT2D eigenvalue weighted by Gasteiger charge is 1.88. The Bertz CT molecular complexity index is 143. The predicted octanol–water partition coefficient (Wildman–Crippen LogP) is 2.89. The molecule has 0 aliphatic carbocycles. The Hall–Kier alpha value is -0.720. The van der Waals surface area contributed by atoms with Crippen LogP contribution in [0.3, 0.4) is 0 Å². The quantitative estimate of drug-likeness (QED) is 0.432. The lowest BCUT2D eigenvalue weighted by Crippen LogP contribution is -1.82. The summed E-state index contributed by atoms with van der Waals surface area (Å²) in [5.74, 6) is 0.990. The maximum absolute atomic E-state index is 5.04. The second kappa shape index (κ2) is 5.10. The van der Waals surface area contributed by atoms with E-state index in [1.165, 1.54) is 5.57 Å². The molecule has 0 saturated heterocycles. The molecule has 0 aromatic carbocycles. The molecule has 10 heavy (non-hydrogen) atoms. The number of ether oxygens (including phenoxy) is 1. The van der Waals surface area contributed by atoms with Crippen molar-refractivity contribution in [3.8, 4) is 0 Å². The lowest BCUT2D eigenvalue weighted by molar-refractivity contribution is 0.290. The summed E-state index contributed by atoms with van der Waals surface area (Å²) in [5, 5.41) is 0. The summed E-state index contributed by atoms with van der Waals surface area (Å²) < 4.78 is 5.04. The highest BCUT2D eigenvalue weighted by molar-refractivity contribution is 5.18. The molecular formula is C9H16O. The molecule has 0 amide bonds. The first-order valence-electron chi connectivity index (χ1n) is 3.60. The van der Waals surface area contributed by atoms with Crippen molar-refractivity contribution in [2.24, 2.45) is 0 Å². The summed E-state index contributed by atoms with van der Waals surface area (Å²) in [5.41, 5.74) is 1.20. The predicted molar refractivity (Wildman–Crippen MR) is 44.8 cm³/mol. The maximum Gasteiger partial charge on any atom is 0.0953 e. The summed E-state index contributed by atoms with van der Waals surface area (Å²) in [4.78, 5) is 0. The molecular weight excluding hydrogens is 124 g/mol. The molecule has 0 saturated carbocycles. The van der Waals surface area contributed by atoms with Crippen molar-refractivity contribution >= 4 is 0 Å². The topological polar surface area (TPSA) is 9.23 Å². The maximum atomic E-state index is 5.04. The van der Waals surface area contributed by atoms with Crippen molar-refractivity contribution in [1.82, 2.24) is 0 Å². The van der Waals surface area contributed by atoms with Crippen LogP contribution >= 0.6 is 0 Å². The van der Waals surface area contributed by atoms with E-state index in [-0.39, 0.29) is 0 Å². The van der Waals surface area contributed by atoms with Gasteiger partial charge in [0, 0.05) is 0 Å². The van der Waals surface area contributed by atoms with Crippen LogP contribution in [0.1, 0.15) is 27.2 Å². The number of hydrogen-bond acceptors (Lipinski definition) is 1. The van der Waals surface area contributed by atoms with Crippen molar-refractivity contribution in [2.75, 3.05) is 7.11 Å². The molecule has 58 valence electrons. The van der Waals surface area contributed by atoms with Gasteiger partial charge in [-0.3, -0.25) is 0 Å². The van der Waals surface area contributed by atoms with Crippen molar-refractivity contribution in [2.45, 2.75) is 27.2 Å². The van der Waals surface area contributed by atoms with E-state index in [0.717, 1.165) is 12.2 Å². The van der Waals surface area contributed by atoms with Crippen LogP contribution in [0, 0.1) is 0 Å². The Morgan fingerprint density at radius 3 is 2.40 bits per heavy atom. The molecule has 0 unspecified atom stereocenters. The van der Waals surface area contributed by atoms with Crippen LogP contribution in [0.4, 0.5) is 0 Å². The number of methoxy groups -OCH3 is 1. The van der Waals surface area contributed by atoms with E-state index >= 15 is 0 Å². The standard InChI is InChI=1S/C9H16O/c1-5-6-7-8(2)9(3)10-4/h6-7H,5H2,1-4H3. The van der Waals surface area contributed by atoms with Crippen molar-refractivity contribution in [3.63, 3.8) is 0 Å². The molecule has 0 aromatic heterocycles. The molecule has 0 N–H and O–H groups in total. The zero-order valence-corrected chi connectivity index (χ0v) is 7.27. The van der Waals surface area contributed by atoms with E-state index in [0.29, 0.717) is 0 Å². The Labute approximate surface area is 63.4 Å². The van der Waals surface area contributed by atoms with E-state index in [1.54, 1.807) is 7.11 Å². The number of hydrogen-bond donors (Lipinski definition) is 0. The molecule has 0 heterocycles. The molecule has 0 atom stereocenters. The van der Waals surface area contributed by atoms with Crippen molar-refractivity contribution in [1.29, 1.82) is 0 Å². The largest absolute Gasteiger partial charge is 0.501 e. The summed E-state index contributed by atoms with van der Waals surface area (Å²) in [6.07, 6.45) is 5.28. The van der Waals surface area contributed by atoms with Gasteiger partial charge in [-0.1, -0.05) is 19.1 Å². The van der Waals surface area contributed by atoms with Crippen LogP contribution in [0.15, 0.2) is 23.5 Å². The van der Waals surface area contributed by atoms with E-state index in [9.17, 15) is 0 Å². The van der Waals surface area contributed by atoms with E-state index < -0.39 is 0 Å². The summed E-state index contributed by atoms with van der Waals surface area (Å²) in [7, 11) is 1.69. The van der Waals surface area contributed by atoms with Gasteiger partial charge in [-0.2, -0.15) is 0 Å². The molecule has 0 radical (unpaired) electrons. The second-order valence-corrected chi connectivity index (χ2v) is 2.25. The Morgan fingerprint density at radius 2 is 2.00 bits per heavy atom. The third-order valence-electron chi connectivity index (χ3n) is 1.47. The molecule has 1 nitrogen and oxygen atoms in total. The van der Waals surface area contributed by atoms with Crippen LogP contribution in [0.5, 0.6) is 0 Å². The molecule has 0 aliphatic rings. The zero-order valence-electron chi connectivity index (χ0n) is 7.27. The van der Waals surface area contributed by atoms with Gasteiger partial charge in [-0.05, 0) is 25.8 Å². The third-order valence-corrected chi connectivity index (χ3v) is 1.47. The van der Waals surface area contributed by atoms with Crippen LogP contribution in [0.25, 0.3) is 0 Å². The van der Waals surface area contributed by atoms with E-state index in [1.807, 2.05) is 13.8 Å². The van der Waals surface area contributed by atoms with Crippen LogP contribution in [-0.2, 0) is 4.74 Å². The Kier molecular flexibility index (Phi) is 4.73. The number of allylic oxidation sites excluding steroid dienone is 4. The Morgan fingerprint density at radius 1 is 1.40 bits per heavy atom. The summed E-state index contributed by atoms with van der Waals surface area (Å²) >= 11 is 0. The van der Waals surface area contributed by atoms with Gasteiger partial charge in [0.2, 0.25) is 0 Å². The van der Waals surface area contributed by atoms with Gasteiger partial charge in [0.1, 0.15) is 0 Å². The van der Waals surface area contributed by atoms with Gasteiger partial charge < -0.3 is 4.74 Å². The SMILES string of the molecule is CCC=CC(C)=C(C)OC. The normalized spacial score (nSPS) is 13.6. The van der Waals surface area contributed by atoms with Crippen LogP contribution in [0.2, 0.25) is 0 Å². The molecule has 0 bridgehead atoms. The molecule has 0 aromatic rings. The van der Waals surface area contributed by atoms with Crippen LogP contribution in [-0.4, -0.2) is 7.11 Å². The van der Waals surface area contributed by atoms with Gasteiger partial charge in [0.15, 0.2) is 0 Å². The Balaban J connectivity index is 4.04. The first kappa shape index (κ1) is 9.28. The molecule has 0 rings (SSSR count). The highest BCUT2D eigenvalue weighted by Crippen LogP contribution is 2.04. The fourth-order valence-electron chi connectivity index (χ4n) is 0.573. The average molecular weight is 140 g/mol. The smallest absolute Gasteiger partial charge is 0.0953 e. The monoisotopic (exact) mass is 140 g/mol. The zero-order chi connectivity index (χ0) is 7.98. The second-order valence-electron chi connectivity index (χ2n) is 2.25. The van der Waals surface area contributed by atoms with Gasteiger partial charge in [0.05, 0.1) is 12.9 Å². The first-order chi connectivity index (χ1) is 4.72. The average Bonchev–Trinajstić information content (AvgIpc) is 1.98. The minimum Gasteiger partial charge on any atom is -0.501 e. The third kappa shape index (κ3) is 3.33. The summed E-state index contributed by atoms with van der Waals surface area (Å²) in [6, 6.07) is 0. The fourth-order valence-corrected chi connectivity index (χ4v) is 0.573. The van der Waals surface area contributed by atoms with E-state index in [2.05, 4.69) is 19.1 Å². The minimum absolute atomic E-state index is 0.990. The van der Waals surface area contributed by atoms with Crippen molar-refractivity contribution in [3.05, 3.63) is 23.5 Å². The van der Waals surface area contributed by atoms with Crippen molar-refractivity contribution < 1.29 is 4.74 Å². The van der Waals surface area contributed by atoms with Gasteiger partial charge >= 0.3 is 0 Å². The van der Waals surface area contributed by atoms with Gasteiger partial charge in [0.25, 0.3) is 0 Å². The lowest BCUT2D eigenvalue weighted by atomic mass is 10.2. The molecule has 1 heteroatoms. The first-order valence-corrected chi connectivity index (χ1v) is 3.60. The molecule has 0 aliphatic heterocycles. The minimum atomic E-state index is 0.990. The van der Waals surface area contributed by atoms with E-state index in [4.69, 9.17) is 4.74 Å². The molecule has 0 fully saturated rings. The van der Waals surface area contributed by atoms with Crippen LogP contribution < -0.4 is 0 Å². The number of rotatable bonds is 3. The lowest BCUT2D eigenvalue weighted by Gasteiger charge is -2.00. The fraction of sp³-hybridized carbons (Fsp3) is 0.556. The van der Waals surface area contributed by atoms with Gasteiger partial charge in [-0.15, -0.1) is 0 Å². The summed E-state index contributed by atoms with van der Waals surface area (Å²) in [6.45, 7) is 6.13. The van der Waals surface area contributed by atoms with Gasteiger partial charge in [-0.25, -0.2) is 0 Å². The highest BCUT2D eigenvalue weighted by atomic mass is 16.5.